The maximum absolute atomic E-state index is 13.2. The number of esters is 1. The molecule has 0 aliphatic carbocycles. The maximum Gasteiger partial charge on any atom is 0.318 e. The Morgan fingerprint density at radius 2 is 2.11 bits per heavy atom. The van der Waals surface area contributed by atoms with E-state index in [1.54, 1.807) is 17.6 Å². The van der Waals surface area contributed by atoms with Gasteiger partial charge in [0.25, 0.3) is 5.56 Å². The second-order valence-corrected chi connectivity index (χ2v) is 8.24. The van der Waals surface area contributed by atoms with Gasteiger partial charge in [-0.05, 0) is 19.4 Å². The predicted molar refractivity (Wildman–Crippen MR) is 112 cm³/mol. The van der Waals surface area contributed by atoms with E-state index in [0.29, 0.717) is 21.9 Å². The van der Waals surface area contributed by atoms with Crippen molar-refractivity contribution in [1.82, 2.24) is 9.55 Å². The summed E-state index contributed by atoms with van der Waals surface area (Å²) in [5, 5.41) is 2.58. The Balaban J connectivity index is 2.16. The van der Waals surface area contributed by atoms with Crippen LogP contribution in [0.25, 0.3) is 21.3 Å². The molecule has 0 aliphatic heterocycles. The van der Waals surface area contributed by atoms with E-state index < -0.39 is 5.25 Å². The molecule has 7 heteroatoms. The van der Waals surface area contributed by atoms with E-state index in [4.69, 9.17) is 4.74 Å². The second-order valence-electron chi connectivity index (χ2n) is 6.08. The van der Waals surface area contributed by atoms with Gasteiger partial charge in [0.05, 0.1) is 12.5 Å². The number of rotatable bonds is 6. The molecule has 5 nitrogen and oxygen atoms in total. The van der Waals surface area contributed by atoms with Crippen molar-refractivity contribution in [2.45, 2.75) is 30.8 Å². The van der Waals surface area contributed by atoms with Gasteiger partial charge in [-0.3, -0.25) is 14.2 Å². The zero-order valence-corrected chi connectivity index (χ0v) is 17.0. The van der Waals surface area contributed by atoms with Gasteiger partial charge in [0, 0.05) is 17.5 Å². The zero-order valence-electron chi connectivity index (χ0n) is 15.4. The number of thiophene rings is 1. The molecule has 3 aromatic rings. The summed E-state index contributed by atoms with van der Waals surface area (Å²) in [7, 11) is 1.35. The van der Waals surface area contributed by atoms with Crippen LogP contribution in [0.1, 0.15) is 12.5 Å². The van der Waals surface area contributed by atoms with Crippen LogP contribution < -0.4 is 5.56 Å². The molecule has 27 heavy (non-hydrogen) atoms. The summed E-state index contributed by atoms with van der Waals surface area (Å²) in [6.07, 6.45) is 1.65. The molecule has 0 spiro atoms. The van der Waals surface area contributed by atoms with Crippen molar-refractivity contribution in [1.29, 1.82) is 0 Å². The van der Waals surface area contributed by atoms with Crippen molar-refractivity contribution >= 4 is 39.3 Å². The van der Waals surface area contributed by atoms with Crippen LogP contribution in [-0.2, 0) is 16.1 Å². The van der Waals surface area contributed by atoms with Crippen LogP contribution in [0.5, 0.6) is 0 Å². The Bertz CT molecular complexity index is 1050. The van der Waals surface area contributed by atoms with E-state index in [1.807, 2.05) is 36.6 Å². The van der Waals surface area contributed by atoms with Gasteiger partial charge >= 0.3 is 5.97 Å². The van der Waals surface area contributed by atoms with Gasteiger partial charge in [-0.15, -0.1) is 17.9 Å². The van der Waals surface area contributed by atoms with Crippen molar-refractivity contribution in [3.05, 3.63) is 58.2 Å². The third-order valence-electron chi connectivity index (χ3n) is 4.15. The molecule has 2 aromatic heterocycles. The van der Waals surface area contributed by atoms with Gasteiger partial charge in [-0.25, -0.2) is 4.98 Å². The average Bonchev–Trinajstić information content (AvgIpc) is 3.08. The lowest BCUT2D eigenvalue weighted by molar-refractivity contribution is -0.139. The molecule has 0 N–H and O–H groups in total. The van der Waals surface area contributed by atoms with Gasteiger partial charge in [-0.1, -0.05) is 47.7 Å². The zero-order chi connectivity index (χ0) is 19.6. The van der Waals surface area contributed by atoms with Crippen LogP contribution in [0.2, 0.25) is 0 Å². The number of ether oxygens (including phenoxy) is 1. The van der Waals surface area contributed by atoms with Gasteiger partial charge in [0.2, 0.25) is 0 Å². The van der Waals surface area contributed by atoms with Crippen LogP contribution in [0.4, 0.5) is 0 Å². The number of carbonyl (C=O) groups excluding carboxylic acids is 1. The summed E-state index contributed by atoms with van der Waals surface area (Å²) in [4.78, 5) is 30.3. The van der Waals surface area contributed by atoms with Crippen molar-refractivity contribution in [2.75, 3.05) is 7.11 Å². The smallest absolute Gasteiger partial charge is 0.318 e. The summed E-state index contributed by atoms with van der Waals surface area (Å²) in [6.45, 7) is 7.82. The van der Waals surface area contributed by atoms with Crippen LogP contribution >= 0.6 is 23.1 Å². The Morgan fingerprint density at radius 1 is 1.41 bits per heavy atom. The van der Waals surface area contributed by atoms with Crippen molar-refractivity contribution in [3.63, 3.8) is 0 Å². The van der Waals surface area contributed by atoms with Gasteiger partial charge < -0.3 is 4.74 Å². The number of methoxy groups -OCH3 is 1. The molecule has 0 saturated heterocycles. The number of allylic oxidation sites excluding steroid dienone is 1. The molecule has 0 amide bonds. The molecule has 1 aromatic carbocycles. The van der Waals surface area contributed by atoms with Gasteiger partial charge in [0.1, 0.15) is 10.1 Å². The molecule has 2 heterocycles. The first kappa shape index (κ1) is 19.4. The normalized spacial score (nSPS) is 12.1. The molecule has 0 saturated carbocycles. The number of hydrogen-bond acceptors (Lipinski definition) is 6. The van der Waals surface area contributed by atoms with E-state index in [0.717, 1.165) is 16.7 Å². The lowest BCUT2D eigenvalue weighted by Gasteiger charge is -2.13. The number of thioether (sulfide) groups is 1. The largest absolute Gasteiger partial charge is 0.468 e. The summed E-state index contributed by atoms with van der Waals surface area (Å²) in [6, 6.07) is 8.07. The molecule has 0 radical (unpaired) electrons. The van der Waals surface area contributed by atoms with Crippen LogP contribution in [-0.4, -0.2) is 27.9 Å². The molecule has 0 aliphatic rings. The topological polar surface area (TPSA) is 61.2 Å². The van der Waals surface area contributed by atoms with Crippen LogP contribution in [0.3, 0.4) is 0 Å². The first-order chi connectivity index (χ1) is 13.0. The predicted octanol–water partition coefficient (Wildman–Crippen LogP) is 4.27. The second kappa shape index (κ2) is 8.10. The Hall–Kier alpha value is -2.38. The van der Waals surface area contributed by atoms with Gasteiger partial charge in [0.15, 0.2) is 5.16 Å². The summed E-state index contributed by atoms with van der Waals surface area (Å²) in [5.41, 5.74) is 2.90. The molecule has 140 valence electrons. The lowest BCUT2D eigenvalue weighted by Crippen LogP contribution is -2.24. The maximum atomic E-state index is 13.2. The van der Waals surface area contributed by atoms with E-state index in [9.17, 15) is 9.59 Å². The highest BCUT2D eigenvalue weighted by Crippen LogP contribution is 2.33. The molecular weight excluding hydrogens is 380 g/mol. The minimum absolute atomic E-state index is 0.128. The standard InChI is InChI=1S/C20H20N2O3S2/c1-5-10-22-18(23)16-15(14-8-6-12(2)7-9-14)11-26-17(16)21-20(22)27-13(3)19(24)25-4/h5-9,11,13H,1,10H2,2-4H3/t13-/m1/s1. The number of fused-ring (bicyclic) bond motifs is 1. The first-order valence-corrected chi connectivity index (χ1v) is 10.2. The summed E-state index contributed by atoms with van der Waals surface area (Å²) >= 11 is 2.64. The highest BCUT2D eigenvalue weighted by Gasteiger charge is 2.21. The van der Waals surface area contributed by atoms with E-state index >= 15 is 0 Å². The number of aromatic nitrogens is 2. The highest BCUT2D eigenvalue weighted by molar-refractivity contribution is 8.00. The Kier molecular flexibility index (Phi) is 5.82. The van der Waals surface area contributed by atoms with Crippen LogP contribution in [0, 0.1) is 6.92 Å². The molecular formula is C20H20N2O3S2. The quantitative estimate of drug-likeness (QED) is 0.268. The van der Waals surface area contributed by atoms with Crippen molar-refractivity contribution in [3.8, 4) is 11.1 Å². The van der Waals surface area contributed by atoms with Gasteiger partial charge in [-0.2, -0.15) is 0 Å². The highest BCUT2D eigenvalue weighted by atomic mass is 32.2. The minimum Gasteiger partial charge on any atom is -0.468 e. The SMILES string of the molecule is C=CCn1c(S[C@H](C)C(=O)OC)nc2scc(-c3ccc(C)cc3)c2c1=O. The first-order valence-electron chi connectivity index (χ1n) is 8.40. The molecule has 0 bridgehead atoms. The number of hydrogen-bond donors (Lipinski definition) is 0. The van der Waals surface area contributed by atoms with E-state index in [-0.39, 0.29) is 11.5 Å². The molecule has 0 unspecified atom stereocenters. The monoisotopic (exact) mass is 400 g/mol. The molecule has 0 fully saturated rings. The third-order valence-corrected chi connectivity index (χ3v) is 6.09. The fraction of sp³-hybridized carbons (Fsp3) is 0.250. The van der Waals surface area contributed by atoms with Crippen molar-refractivity contribution < 1.29 is 9.53 Å². The number of nitrogens with zero attached hydrogens (tertiary/aromatic N) is 2. The van der Waals surface area contributed by atoms with E-state index in [2.05, 4.69) is 11.6 Å². The summed E-state index contributed by atoms with van der Waals surface area (Å²) < 4.78 is 6.34. The van der Waals surface area contributed by atoms with E-state index in [1.165, 1.54) is 30.2 Å². The Labute approximate surface area is 165 Å². The fourth-order valence-electron chi connectivity index (χ4n) is 2.70. The number of carbonyl (C=O) groups is 1. The van der Waals surface area contributed by atoms with Crippen molar-refractivity contribution in [2.24, 2.45) is 0 Å². The third kappa shape index (κ3) is 3.84. The minimum atomic E-state index is -0.466. The number of benzene rings is 1. The number of aryl methyl sites for hydroxylation is 1. The summed E-state index contributed by atoms with van der Waals surface area (Å²) in [5.74, 6) is -0.356. The average molecular weight is 401 g/mol. The molecule has 1 atom stereocenters. The molecule has 3 rings (SSSR count). The Morgan fingerprint density at radius 3 is 2.74 bits per heavy atom. The fourth-order valence-corrected chi connectivity index (χ4v) is 4.64. The van der Waals surface area contributed by atoms with Crippen LogP contribution in [0.15, 0.2) is 52.3 Å². The lowest BCUT2D eigenvalue weighted by atomic mass is 10.1.